The third kappa shape index (κ3) is 4.95. The molecule has 0 saturated carbocycles. The number of carbonyl (C=O) groups excluding carboxylic acids is 1. The van der Waals surface area contributed by atoms with E-state index in [1.165, 1.54) is 56.6 Å². The first-order valence-electron chi connectivity index (χ1n) is 13.1. The molecule has 3 heterocycles. The molecule has 0 aliphatic rings. The molecule has 1 amide bonds. The number of hydrogen-bond acceptors (Lipinski definition) is 7. The van der Waals surface area contributed by atoms with Gasteiger partial charge in [0.05, 0.1) is 23.0 Å². The zero-order chi connectivity index (χ0) is 30.6. The summed E-state index contributed by atoms with van der Waals surface area (Å²) in [5.74, 6) is -0.329. The van der Waals surface area contributed by atoms with Crippen LogP contribution in [0.2, 0.25) is 0 Å². The van der Waals surface area contributed by atoms with Gasteiger partial charge in [-0.15, -0.1) is 0 Å². The molecular formula is C31H26FN5O5S. The third-order valence-electron chi connectivity index (χ3n) is 7.31. The third-order valence-corrected chi connectivity index (χ3v) is 8.50. The lowest BCUT2D eigenvalue weighted by atomic mass is 9.97. The van der Waals surface area contributed by atoms with Crippen molar-refractivity contribution >= 4 is 43.8 Å². The molecule has 0 saturated heterocycles. The number of benzene rings is 3. The van der Waals surface area contributed by atoms with E-state index in [1.807, 2.05) is 13.0 Å². The fourth-order valence-electron chi connectivity index (χ4n) is 5.03. The molecule has 0 bridgehead atoms. The second-order valence-electron chi connectivity index (χ2n) is 10.2. The first-order valence-corrected chi connectivity index (χ1v) is 15.0. The van der Waals surface area contributed by atoms with Gasteiger partial charge in [0.25, 0.3) is 5.91 Å². The van der Waals surface area contributed by atoms with E-state index in [1.54, 1.807) is 18.3 Å². The van der Waals surface area contributed by atoms with Gasteiger partial charge in [-0.3, -0.25) is 9.10 Å². The number of pyridine rings is 1. The summed E-state index contributed by atoms with van der Waals surface area (Å²) in [5.41, 5.74) is 4.75. The molecule has 0 radical (unpaired) electrons. The molecule has 218 valence electrons. The van der Waals surface area contributed by atoms with Crippen molar-refractivity contribution in [2.45, 2.75) is 6.92 Å². The first kappa shape index (κ1) is 27.9. The fourth-order valence-corrected chi connectivity index (χ4v) is 5.54. The molecule has 3 aromatic heterocycles. The van der Waals surface area contributed by atoms with E-state index in [4.69, 9.17) is 4.42 Å². The number of fused-ring (bicyclic) bond motifs is 2. The van der Waals surface area contributed by atoms with E-state index < -0.39 is 21.7 Å². The highest BCUT2D eigenvalue weighted by Crippen LogP contribution is 2.43. The number of sulfonamides is 1. The number of hydrogen-bond donors (Lipinski definition) is 3. The Morgan fingerprint density at radius 1 is 1.05 bits per heavy atom. The normalized spacial score (nSPS) is 11.7. The van der Waals surface area contributed by atoms with E-state index in [2.05, 4.69) is 20.3 Å². The van der Waals surface area contributed by atoms with Crippen LogP contribution in [0.4, 0.5) is 10.1 Å². The number of halogens is 1. The smallest absolute Gasteiger partial charge is 0.255 e. The summed E-state index contributed by atoms with van der Waals surface area (Å²) in [7, 11) is -0.866. The van der Waals surface area contributed by atoms with Crippen molar-refractivity contribution in [3.8, 4) is 39.6 Å². The van der Waals surface area contributed by atoms with Gasteiger partial charge in [0.2, 0.25) is 10.0 Å². The number of imidazole rings is 1. The number of rotatable bonds is 6. The summed E-state index contributed by atoms with van der Waals surface area (Å²) in [4.78, 5) is 25.3. The highest BCUT2D eigenvalue weighted by molar-refractivity contribution is 7.92. The van der Waals surface area contributed by atoms with Crippen molar-refractivity contribution in [1.29, 1.82) is 0 Å². The highest BCUT2D eigenvalue weighted by atomic mass is 32.2. The number of furan rings is 1. The Kier molecular flexibility index (Phi) is 6.65. The molecule has 43 heavy (non-hydrogen) atoms. The van der Waals surface area contributed by atoms with Gasteiger partial charge in [0.1, 0.15) is 28.7 Å². The van der Waals surface area contributed by atoms with E-state index >= 15 is 0 Å². The topological polar surface area (TPSA) is 141 Å². The number of aromatic nitrogens is 3. The van der Waals surface area contributed by atoms with E-state index in [9.17, 15) is 22.7 Å². The SMILES string of the molecule is CNC(=O)c1c(-c2ccc(F)cc2)oc2cc(N(C)S(C)(=O)=O)c(-c3cc(O)cc(-c4nc5nccc(C)c5[nH]4)c3)cc12. The predicted octanol–water partition coefficient (Wildman–Crippen LogP) is 5.61. The van der Waals surface area contributed by atoms with Crippen molar-refractivity contribution < 1.29 is 27.1 Å². The lowest BCUT2D eigenvalue weighted by Crippen LogP contribution is -2.25. The maximum absolute atomic E-state index is 13.7. The van der Waals surface area contributed by atoms with Crippen LogP contribution in [0.15, 0.2) is 71.3 Å². The van der Waals surface area contributed by atoms with Gasteiger partial charge in [-0.05, 0) is 72.6 Å². The molecule has 6 aromatic rings. The molecule has 0 fully saturated rings. The molecule has 6 rings (SSSR count). The minimum atomic E-state index is -3.75. The number of H-pyrrole nitrogens is 1. The van der Waals surface area contributed by atoms with Crippen molar-refractivity contribution in [2.24, 2.45) is 0 Å². The summed E-state index contributed by atoms with van der Waals surface area (Å²) >= 11 is 0. The Labute approximate surface area is 245 Å². The van der Waals surface area contributed by atoms with Crippen LogP contribution < -0.4 is 9.62 Å². The Balaban J connectivity index is 1.63. The van der Waals surface area contributed by atoms with Crippen molar-refractivity contribution in [3.05, 3.63) is 83.8 Å². The summed E-state index contributed by atoms with van der Waals surface area (Å²) in [6.45, 7) is 1.93. The number of carbonyl (C=O) groups is 1. The summed E-state index contributed by atoms with van der Waals surface area (Å²) in [5, 5.41) is 13.8. The first-order chi connectivity index (χ1) is 20.4. The van der Waals surface area contributed by atoms with Crippen molar-refractivity contribution in [1.82, 2.24) is 20.3 Å². The van der Waals surface area contributed by atoms with Gasteiger partial charge in [-0.25, -0.2) is 22.8 Å². The molecule has 0 aliphatic carbocycles. The van der Waals surface area contributed by atoms with Crippen LogP contribution >= 0.6 is 0 Å². The number of anilines is 1. The largest absolute Gasteiger partial charge is 0.508 e. The zero-order valence-electron chi connectivity index (χ0n) is 23.6. The van der Waals surface area contributed by atoms with E-state index in [0.717, 1.165) is 21.6 Å². The van der Waals surface area contributed by atoms with Gasteiger partial charge in [0, 0.05) is 48.4 Å². The maximum Gasteiger partial charge on any atom is 0.255 e. The second-order valence-corrected chi connectivity index (χ2v) is 12.2. The van der Waals surface area contributed by atoms with E-state index in [0.29, 0.717) is 39.1 Å². The Bertz CT molecular complexity index is 2170. The number of nitrogens with one attached hydrogen (secondary N) is 2. The van der Waals surface area contributed by atoms with Gasteiger partial charge in [-0.1, -0.05) is 0 Å². The number of amides is 1. The van der Waals surface area contributed by atoms with Crippen LogP contribution in [-0.2, 0) is 10.0 Å². The average molecular weight is 600 g/mol. The van der Waals surface area contributed by atoms with Crippen molar-refractivity contribution in [2.75, 3.05) is 24.7 Å². The van der Waals surface area contributed by atoms with E-state index in [-0.39, 0.29) is 28.3 Å². The van der Waals surface area contributed by atoms with Crippen LogP contribution in [0.25, 0.3) is 56.0 Å². The average Bonchev–Trinajstić information content (AvgIpc) is 3.58. The second kappa shape index (κ2) is 10.2. The minimum absolute atomic E-state index is 0.0867. The molecule has 3 aromatic carbocycles. The summed E-state index contributed by atoms with van der Waals surface area (Å²) in [6.07, 6.45) is 2.73. The number of phenolic OH excluding ortho intramolecular Hbond substituents is 1. The Hall–Kier alpha value is -5.23. The molecule has 10 nitrogen and oxygen atoms in total. The lowest BCUT2D eigenvalue weighted by Gasteiger charge is -2.21. The molecule has 12 heteroatoms. The van der Waals surface area contributed by atoms with Crippen LogP contribution in [0, 0.1) is 12.7 Å². The zero-order valence-corrected chi connectivity index (χ0v) is 24.4. The monoisotopic (exact) mass is 599 g/mol. The number of aromatic amines is 1. The van der Waals surface area contributed by atoms with Crippen LogP contribution in [0.5, 0.6) is 5.75 Å². The number of aryl methyl sites for hydroxylation is 1. The van der Waals surface area contributed by atoms with Gasteiger partial charge >= 0.3 is 0 Å². The molecular weight excluding hydrogens is 573 g/mol. The number of aromatic hydroxyl groups is 1. The van der Waals surface area contributed by atoms with Crippen LogP contribution in [-0.4, -0.2) is 54.7 Å². The van der Waals surface area contributed by atoms with Gasteiger partial charge in [-0.2, -0.15) is 0 Å². The molecule has 0 aliphatic heterocycles. The highest BCUT2D eigenvalue weighted by Gasteiger charge is 2.26. The quantitative estimate of drug-likeness (QED) is 0.226. The molecule has 3 N–H and O–H groups in total. The standard InChI is InChI=1S/C31H26FN5O5S/c1-16-9-10-34-30-27(16)35-29(36-30)19-11-18(12-21(38)13-19)22-14-23-25(15-24(22)37(3)43(4,40)41)42-28(26(23)31(39)33-2)17-5-7-20(32)8-6-17/h5-15,38H,1-4H3,(H,33,39)(H,34,35,36). The molecule has 0 atom stereocenters. The van der Waals surface area contributed by atoms with Crippen LogP contribution in [0.1, 0.15) is 15.9 Å². The Morgan fingerprint density at radius 2 is 1.77 bits per heavy atom. The van der Waals surface area contributed by atoms with Gasteiger partial charge in [0.15, 0.2) is 5.65 Å². The lowest BCUT2D eigenvalue weighted by molar-refractivity contribution is 0.0964. The number of phenols is 1. The Morgan fingerprint density at radius 3 is 2.44 bits per heavy atom. The van der Waals surface area contributed by atoms with Gasteiger partial charge < -0.3 is 19.8 Å². The number of nitrogens with zero attached hydrogens (tertiary/aromatic N) is 3. The molecule has 0 spiro atoms. The van der Waals surface area contributed by atoms with Crippen molar-refractivity contribution in [3.63, 3.8) is 0 Å². The maximum atomic E-state index is 13.7. The summed E-state index contributed by atoms with van der Waals surface area (Å²) in [6, 6.07) is 15.3. The minimum Gasteiger partial charge on any atom is -0.508 e. The summed E-state index contributed by atoms with van der Waals surface area (Å²) < 4.78 is 46.4. The van der Waals surface area contributed by atoms with Crippen LogP contribution in [0.3, 0.4) is 0 Å². The molecule has 0 unspecified atom stereocenters. The predicted molar refractivity (Wildman–Crippen MR) is 163 cm³/mol. The fraction of sp³-hybridized carbons (Fsp3) is 0.129.